The van der Waals surface area contributed by atoms with Crippen LogP contribution in [0.25, 0.3) is 0 Å². The number of nitrogens with one attached hydrogen (secondary N) is 1. The second-order valence-electron chi connectivity index (χ2n) is 7.53. The highest BCUT2D eigenvalue weighted by Crippen LogP contribution is 2.42. The third-order valence-electron chi connectivity index (χ3n) is 5.86. The topological polar surface area (TPSA) is 21.3 Å². The van der Waals surface area contributed by atoms with Crippen LogP contribution in [0.1, 0.15) is 72.6 Å². The number of hydrogen-bond acceptors (Lipinski definition) is 2. The first-order valence-electron chi connectivity index (χ1n) is 8.95. The summed E-state index contributed by atoms with van der Waals surface area (Å²) in [5.74, 6) is 2.31. The smallest absolute Gasteiger partial charge is 0.0685 e. The molecule has 1 N–H and O–H groups in total. The highest BCUT2D eigenvalue weighted by molar-refractivity contribution is 4.94. The van der Waals surface area contributed by atoms with Crippen LogP contribution in [0.2, 0.25) is 0 Å². The van der Waals surface area contributed by atoms with Crippen molar-refractivity contribution in [2.75, 3.05) is 13.2 Å². The van der Waals surface area contributed by atoms with E-state index in [9.17, 15) is 0 Å². The third-order valence-corrected chi connectivity index (χ3v) is 5.86. The van der Waals surface area contributed by atoms with Gasteiger partial charge in [-0.1, -0.05) is 47.0 Å². The Morgan fingerprint density at radius 3 is 2.45 bits per heavy atom. The highest BCUT2D eigenvalue weighted by atomic mass is 16.5. The van der Waals surface area contributed by atoms with Gasteiger partial charge in [0.15, 0.2) is 0 Å². The molecule has 2 heteroatoms. The molecule has 0 radical (unpaired) electrons. The van der Waals surface area contributed by atoms with Gasteiger partial charge < -0.3 is 10.1 Å². The Balaban J connectivity index is 2.04. The Labute approximate surface area is 126 Å². The predicted octanol–water partition coefficient (Wildman–Crippen LogP) is 4.39. The zero-order chi connectivity index (χ0) is 14.6. The molecule has 0 amide bonds. The summed E-state index contributed by atoms with van der Waals surface area (Å²) in [7, 11) is 0. The van der Waals surface area contributed by atoms with Crippen LogP contribution < -0.4 is 5.32 Å². The molecule has 1 heterocycles. The van der Waals surface area contributed by atoms with Gasteiger partial charge in [0.05, 0.1) is 5.60 Å². The van der Waals surface area contributed by atoms with Gasteiger partial charge in [0.1, 0.15) is 0 Å². The fourth-order valence-electron chi connectivity index (χ4n) is 4.35. The fraction of sp³-hybridized carbons (Fsp3) is 1.00. The summed E-state index contributed by atoms with van der Waals surface area (Å²) < 4.78 is 6.28. The molecule has 2 nitrogen and oxygen atoms in total. The number of hydrogen-bond donors (Lipinski definition) is 1. The maximum Gasteiger partial charge on any atom is 0.0685 e. The van der Waals surface area contributed by atoms with Crippen molar-refractivity contribution in [2.24, 2.45) is 17.8 Å². The van der Waals surface area contributed by atoms with Gasteiger partial charge in [-0.25, -0.2) is 0 Å². The lowest BCUT2D eigenvalue weighted by Crippen LogP contribution is -2.50. The van der Waals surface area contributed by atoms with Crippen LogP contribution >= 0.6 is 0 Å². The SMILES string of the molecule is CCNC(C1CCOC2(CCCCC2)C1)C(C)C(C)C. The Hall–Kier alpha value is -0.0800. The van der Waals surface area contributed by atoms with Crippen LogP contribution in [0, 0.1) is 17.8 Å². The van der Waals surface area contributed by atoms with Crippen molar-refractivity contribution in [2.45, 2.75) is 84.3 Å². The minimum atomic E-state index is 0.242. The lowest BCUT2D eigenvalue weighted by molar-refractivity contribution is -0.124. The zero-order valence-corrected chi connectivity index (χ0v) is 14.1. The molecule has 118 valence electrons. The minimum Gasteiger partial charge on any atom is -0.375 e. The van der Waals surface area contributed by atoms with Gasteiger partial charge >= 0.3 is 0 Å². The summed E-state index contributed by atoms with van der Waals surface area (Å²) in [6, 6.07) is 0.669. The second-order valence-corrected chi connectivity index (χ2v) is 7.53. The first-order valence-corrected chi connectivity index (χ1v) is 8.95. The van der Waals surface area contributed by atoms with Crippen LogP contribution in [0.4, 0.5) is 0 Å². The largest absolute Gasteiger partial charge is 0.375 e. The summed E-state index contributed by atoms with van der Waals surface area (Å²) in [5.41, 5.74) is 0.242. The van der Waals surface area contributed by atoms with Crippen molar-refractivity contribution < 1.29 is 4.74 Å². The Morgan fingerprint density at radius 2 is 1.85 bits per heavy atom. The first kappa shape index (κ1) is 16.3. The molecule has 2 aliphatic rings. The molecule has 1 spiro atoms. The van der Waals surface area contributed by atoms with Crippen molar-refractivity contribution >= 4 is 0 Å². The molecule has 1 saturated heterocycles. The summed E-state index contributed by atoms with van der Waals surface area (Å²) in [4.78, 5) is 0. The molecule has 0 aromatic carbocycles. The standard InChI is InChI=1S/C18H35NO/c1-5-19-17(15(4)14(2)3)16-9-12-20-18(13-16)10-7-6-8-11-18/h14-17,19H,5-13H2,1-4H3. The molecule has 3 atom stereocenters. The zero-order valence-electron chi connectivity index (χ0n) is 14.1. The van der Waals surface area contributed by atoms with E-state index in [0.717, 1.165) is 30.9 Å². The molecule has 1 saturated carbocycles. The second kappa shape index (κ2) is 7.26. The molecule has 2 fully saturated rings. The lowest BCUT2D eigenvalue weighted by Gasteiger charge is -2.47. The predicted molar refractivity (Wildman–Crippen MR) is 86.0 cm³/mol. The summed E-state index contributed by atoms with van der Waals surface area (Å²) in [5, 5.41) is 3.80. The van der Waals surface area contributed by atoms with Crippen LogP contribution in [0.15, 0.2) is 0 Å². The van der Waals surface area contributed by atoms with E-state index in [2.05, 4.69) is 33.0 Å². The van der Waals surface area contributed by atoms with Crippen molar-refractivity contribution in [1.29, 1.82) is 0 Å². The van der Waals surface area contributed by atoms with Gasteiger partial charge in [0.25, 0.3) is 0 Å². The first-order chi connectivity index (χ1) is 9.58. The fourth-order valence-corrected chi connectivity index (χ4v) is 4.35. The molecule has 1 aliphatic heterocycles. The van der Waals surface area contributed by atoms with E-state index >= 15 is 0 Å². The molecule has 3 unspecified atom stereocenters. The highest BCUT2D eigenvalue weighted by Gasteiger charge is 2.41. The van der Waals surface area contributed by atoms with E-state index in [4.69, 9.17) is 4.74 Å². The third kappa shape index (κ3) is 3.76. The molecule has 2 rings (SSSR count). The van der Waals surface area contributed by atoms with Crippen LogP contribution in [-0.4, -0.2) is 24.8 Å². The minimum absolute atomic E-state index is 0.242. The van der Waals surface area contributed by atoms with Crippen molar-refractivity contribution in [3.05, 3.63) is 0 Å². The maximum absolute atomic E-state index is 6.28. The van der Waals surface area contributed by atoms with E-state index < -0.39 is 0 Å². The van der Waals surface area contributed by atoms with Gasteiger partial charge in [0.2, 0.25) is 0 Å². The molecule has 20 heavy (non-hydrogen) atoms. The number of rotatable bonds is 5. The van der Waals surface area contributed by atoms with E-state index in [1.807, 2.05) is 0 Å². The Kier molecular flexibility index (Phi) is 5.92. The van der Waals surface area contributed by atoms with Crippen LogP contribution in [0.3, 0.4) is 0 Å². The van der Waals surface area contributed by atoms with E-state index in [-0.39, 0.29) is 5.60 Å². The molecule has 0 bridgehead atoms. The molecule has 0 aromatic rings. The average molecular weight is 281 g/mol. The van der Waals surface area contributed by atoms with E-state index in [1.165, 1.54) is 44.9 Å². The quantitative estimate of drug-likeness (QED) is 0.807. The summed E-state index contributed by atoms with van der Waals surface area (Å²) in [6.07, 6.45) is 9.31. The Bertz CT molecular complexity index is 278. The molecular weight excluding hydrogens is 246 g/mol. The van der Waals surface area contributed by atoms with Gasteiger partial charge in [-0.05, 0) is 50.0 Å². The van der Waals surface area contributed by atoms with Gasteiger partial charge in [-0.2, -0.15) is 0 Å². The number of ether oxygens (including phenoxy) is 1. The van der Waals surface area contributed by atoms with E-state index in [1.54, 1.807) is 0 Å². The normalized spacial score (nSPS) is 29.6. The van der Waals surface area contributed by atoms with Crippen LogP contribution in [-0.2, 0) is 4.74 Å². The summed E-state index contributed by atoms with van der Waals surface area (Å²) >= 11 is 0. The van der Waals surface area contributed by atoms with Gasteiger partial charge in [-0.3, -0.25) is 0 Å². The van der Waals surface area contributed by atoms with Gasteiger partial charge in [0, 0.05) is 12.6 Å². The molecule has 0 aromatic heterocycles. The van der Waals surface area contributed by atoms with Crippen molar-refractivity contribution in [1.82, 2.24) is 5.32 Å². The molecular formula is C18H35NO. The van der Waals surface area contributed by atoms with Crippen molar-refractivity contribution in [3.8, 4) is 0 Å². The Morgan fingerprint density at radius 1 is 1.15 bits per heavy atom. The van der Waals surface area contributed by atoms with E-state index in [0.29, 0.717) is 6.04 Å². The van der Waals surface area contributed by atoms with Gasteiger partial charge in [-0.15, -0.1) is 0 Å². The summed E-state index contributed by atoms with van der Waals surface area (Å²) in [6.45, 7) is 11.5. The van der Waals surface area contributed by atoms with Crippen molar-refractivity contribution in [3.63, 3.8) is 0 Å². The average Bonchev–Trinajstić information content (AvgIpc) is 2.45. The molecule has 1 aliphatic carbocycles. The lowest BCUT2D eigenvalue weighted by atomic mass is 9.71. The maximum atomic E-state index is 6.28. The van der Waals surface area contributed by atoms with Crippen LogP contribution in [0.5, 0.6) is 0 Å². The monoisotopic (exact) mass is 281 g/mol.